The van der Waals surface area contributed by atoms with Crippen molar-refractivity contribution in [2.45, 2.75) is 20.8 Å². The number of hydrogen-bond acceptors (Lipinski definition) is 0. The summed E-state index contributed by atoms with van der Waals surface area (Å²) in [5, 5.41) is 0. The fourth-order valence-corrected chi connectivity index (χ4v) is 0.612. The molecular weight excluding hydrogens is 233 g/mol. The van der Waals surface area contributed by atoms with Crippen molar-refractivity contribution in [2.24, 2.45) is 0 Å². The first-order valence-corrected chi connectivity index (χ1v) is 6.03. The molecule has 1 nitrogen and oxygen atoms in total. The molecule has 0 aliphatic carbocycles. The Morgan fingerprint density at radius 2 is 0.857 bits per heavy atom. The molecule has 14 heavy (non-hydrogen) atoms. The van der Waals surface area contributed by atoms with E-state index in [0.717, 1.165) is 19.8 Å². The van der Waals surface area contributed by atoms with Crippen LogP contribution < -0.4 is 0 Å². The molecule has 0 saturated heterocycles. The summed E-state index contributed by atoms with van der Waals surface area (Å²) in [7, 11) is -10.7. The Balaban J connectivity index is 0. The van der Waals surface area contributed by atoms with Crippen molar-refractivity contribution in [2.75, 3.05) is 19.8 Å². The molecule has 0 aromatic carbocycles. The molecule has 0 saturated carbocycles. The van der Waals surface area contributed by atoms with Gasteiger partial charge in [0.1, 0.15) is 19.8 Å². The Kier molecular flexibility index (Phi) is 4.95. The van der Waals surface area contributed by atoms with Gasteiger partial charge in [0.25, 0.3) is 0 Å². The molecular formula is C6H15F6OP. The average Bonchev–Trinajstić information content (AvgIpc) is 1.84. The molecule has 0 atom stereocenters. The minimum absolute atomic E-state index is 1.10. The molecule has 0 unspecified atom stereocenters. The quantitative estimate of drug-likeness (QED) is 0.376. The Morgan fingerprint density at radius 1 is 0.714 bits per heavy atom. The molecule has 0 radical (unpaired) electrons. The zero-order valence-electron chi connectivity index (χ0n) is 8.24. The SMILES string of the molecule is CC[O+](CC)CC.F[P-](F)(F)(F)(F)F. The first-order valence-electron chi connectivity index (χ1n) is 4.00. The van der Waals surface area contributed by atoms with E-state index in [0.29, 0.717) is 0 Å². The topological polar surface area (TPSA) is 2.70 Å². The van der Waals surface area contributed by atoms with Crippen molar-refractivity contribution >= 4 is 7.81 Å². The first kappa shape index (κ1) is 16.4. The van der Waals surface area contributed by atoms with Crippen molar-refractivity contribution < 1.29 is 29.5 Å². The van der Waals surface area contributed by atoms with Crippen LogP contribution in [0.4, 0.5) is 25.2 Å². The zero-order chi connectivity index (χ0) is 12.1. The van der Waals surface area contributed by atoms with Gasteiger partial charge in [-0.15, -0.1) is 0 Å². The van der Waals surface area contributed by atoms with Crippen LogP contribution in [0.1, 0.15) is 20.8 Å². The third kappa shape index (κ3) is 40.4. The molecule has 8 heteroatoms. The van der Waals surface area contributed by atoms with Gasteiger partial charge >= 0.3 is 33.0 Å². The van der Waals surface area contributed by atoms with E-state index in [1.165, 1.54) is 0 Å². The summed E-state index contributed by atoms with van der Waals surface area (Å²) >= 11 is 0. The number of hydrogen-bond donors (Lipinski definition) is 0. The molecule has 0 spiro atoms. The zero-order valence-corrected chi connectivity index (χ0v) is 9.14. The Labute approximate surface area is 79.0 Å². The van der Waals surface area contributed by atoms with E-state index in [2.05, 4.69) is 25.1 Å². The fourth-order valence-electron chi connectivity index (χ4n) is 0.612. The van der Waals surface area contributed by atoms with E-state index >= 15 is 0 Å². The van der Waals surface area contributed by atoms with E-state index in [-0.39, 0.29) is 0 Å². The van der Waals surface area contributed by atoms with Crippen LogP contribution in [0.2, 0.25) is 0 Å². The molecule has 0 N–H and O–H groups in total. The summed E-state index contributed by atoms with van der Waals surface area (Å²) < 4.78 is 62.3. The Morgan fingerprint density at radius 3 is 0.857 bits per heavy atom. The number of rotatable bonds is 3. The van der Waals surface area contributed by atoms with Gasteiger partial charge in [0.15, 0.2) is 0 Å². The van der Waals surface area contributed by atoms with E-state index in [9.17, 15) is 25.2 Å². The maximum atomic E-state index is 9.87. The molecule has 0 aromatic heterocycles. The van der Waals surface area contributed by atoms with Gasteiger partial charge in [-0.3, -0.25) is 0 Å². The second-order valence-electron chi connectivity index (χ2n) is 2.44. The van der Waals surface area contributed by atoms with E-state index in [4.69, 9.17) is 0 Å². The summed E-state index contributed by atoms with van der Waals surface area (Å²) in [4.78, 5) is 0. The maximum absolute atomic E-state index is 10.7. The van der Waals surface area contributed by atoms with Gasteiger partial charge in [-0.25, -0.2) is 0 Å². The minimum atomic E-state index is -10.7. The predicted octanol–water partition coefficient (Wildman–Crippen LogP) is 4.98. The average molecular weight is 248 g/mol. The van der Waals surface area contributed by atoms with Crippen LogP contribution in [0.15, 0.2) is 0 Å². The van der Waals surface area contributed by atoms with Crippen LogP contribution in [0.25, 0.3) is 0 Å². The molecule has 0 rings (SSSR count). The summed E-state index contributed by atoms with van der Waals surface area (Å²) in [6, 6.07) is 0. The van der Waals surface area contributed by atoms with Crippen molar-refractivity contribution in [1.82, 2.24) is 0 Å². The van der Waals surface area contributed by atoms with E-state index in [1.807, 2.05) is 0 Å². The Bertz CT molecular complexity index is 139. The Hall–Kier alpha value is -0.0300. The van der Waals surface area contributed by atoms with Gasteiger partial charge in [-0.1, -0.05) is 0 Å². The molecule has 0 bridgehead atoms. The van der Waals surface area contributed by atoms with Crippen LogP contribution in [-0.2, 0) is 4.37 Å². The van der Waals surface area contributed by atoms with Crippen molar-refractivity contribution in [3.63, 3.8) is 0 Å². The molecule has 0 amide bonds. The monoisotopic (exact) mass is 248 g/mol. The molecule has 0 aliphatic rings. The van der Waals surface area contributed by atoms with Gasteiger partial charge < -0.3 is 4.37 Å². The van der Waals surface area contributed by atoms with Crippen molar-refractivity contribution in [3.05, 3.63) is 0 Å². The second kappa shape index (κ2) is 4.23. The van der Waals surface area contributed by atoms with Gasteiger partial charge in [0.05, 0.1) is 0 Å². The normalized spacial score (nSPS) is 16.7. The van der Waals surface area contributed by atoms with Crippen molar-refractivity contribution in [3.8, 4) is 0 Å². The molecule has 0 heterocycles. The van der Waals surface area contributed by atoms with Crippen LogP contribution in [0.3, 0.4) is 0 Å². The summed E-state index contributed by atoms with van der Waals surface area (Å²) in [6.45, 7) is 9.76. The number of halogens is 6. The van der Waals surface area contributed by atoms with Crippen LogP contribution in [0.5, 0.6) is 0 Å². The van der Waals surface area contributed by atoms with Gasteiger partial charge in [0, 0.05) is 20.8 Å². The summed E-state index contributed by atoms with van der Waals surface area (Å²) in [6.07, 6.45) is 0. The third-order valence-corrected chi connectivity index (χ3v) is 1.22. The van der Waals surface area contributed by atoms with Crippen molar-refractivity contribution in [1.29, 1.82) is 0 Å². The second-order valence-corrected chi connectivity index (χ2v) is 4.35. The molecule has 0 fully saturated rings. The first-order chi connectivity index (χ1) is 5.80. The van der Waals surface area contributed by atoms with Crippen LogP contribution in [-0.4, -0.2) is 19.8 Å². The fraction of sp³-hybridized carbons (Fsp3) is 1.00. The van der Waals surface area contributed by atoms with Gasteiger partial charge in [0.2, 0.25) is 0 Å². The van der Waals surface area contributed by atoms with E-state index < -0.39 is 7.81 Å². The predicted molar refractivity (Wildman–Crippen MR) is 46.3 cm³/mol. The van der Waals surface area contributed by atoms with Crippen LogP contribution >= 0.6 is 7.81 Å². The standard InChI is InChI=1S/C6H15O.F6P/c1-4-7(5-2)6-3;1-7(2,3,4,5)6/h4-6H2,1-3H3;/q+1;-1. The third-order valence-electron chi connectivity index (χ3n) is 1.22. The summed E-state index contributed by atoms with van der Waals surface area (Å²) in [5.41, 5.74) is 0. The molecule has 0 aromatic rings. The molecule has 92 valence electrons. The van der Waals surface area contributed by atoms with Gasteiger partial charge in [-0.05, 0) is 0 Å². The van der Waals surface area contributed by atoms with Gasteiger partial charge in [-0.2, -0.15) is 0 Å². The summed E-state index contributed by atoms with van der Waals surface area (Å²) in [5.74, 6) is 0. The van der Waals surface area contributed by atoms with E-state index in [1.54, 1.807) is 0 Å². The molecule has 0 aliphatic heterocycles. The van der Waals surface area contributed by atoms with Crippen LogP contribution in [0, 0.1) is 0 Å².